The van der Waals surface area contributed by atoms with E-state index in [1.807, 2.05) is 0 Å². The molecule has 0 bridgehead atoms. The summed E-state index contributed by atoms with van der Waals surface area (Å²) in [7, 11) is 3.12. The number of hydrogen-bond donors (Lipinski definition) is 1. The second-order valence-electron chi connectivity index (χ2n) is 6.88. The molecule has 0 unspecified atom stereocenters. The zero-order valence-corrected chi connectivity index (χ0v) is 15.8. The lowest BCUT2D eigenvalue weighted by atomic mass is 9.96. The summed E-state index contributed by atoms with van der Waals surface area (Å²) < 4.78 is 10.6. The van der Waals surface area contributed by atoms with E-state index >= 15 is 0 Å². The number of methoxy groups -OCH3 is 2. The first-order chi connectivity index (χ1) is 13.1. The molecule has 140 valence electrons. The first-order valence-corrected chi connectivity index (χ1v) is 9.10. The summed E-state index contributed by atoms with van der Waals surface area (Å²) in [5, 5.41) is 0.489. The quantitative estimate of drug-likeness (QED) is 0.768. The Hall–Kier alpha value is -3.02. The van der Waals surface area contributed by atoms with Crippen LogP contribution in [-0.4, -0.2) is 30.2 Å². The minimum Gasteiger partial charge on any atom is -0.493 e. The van der Waals surface area contributed by atoms with Crippen LogP contribution in [0.1, 0.15) is 24.7 Å². The molecule has 0 amide bonds. The van der Waals surface area contributed by atoms with Gasteiger partial charge in [-0.05, 0) is 37.5 Å². The molecule has 4 rings (SSSR count). The number of ether oxygens (including phenoxy) is 2. The van der Waals surface area contributed by atoms with Crippen molar-refractivity contribution in [3.05, 3.63) is 58.1 Å². The van der Waals surface area contributed by atoms with Crippen LogP contribution in [0.2, 0.25) is 0 Å². The van der Waals surface area contributed by atoms with Gasteiger partial charge in [0.2, 0.25) is 0 Å². The van der Waals surface area contributed by atoms with Gasteiger partial charge in [-0.2, -0.15) is 0 Å². The highest BCUT2D eigenvalue weighted by Gasteiger charge is 2.23. The summed E-state index contributed by atoms with van der Waals surface area (Å²) in [5.41, 5.74) is 2.98. The maximum Gasteiger partial charge on any atom is 0.258 e. The number of anilines is 1. The van der Waals surface area contributed by atoms with Crippen LogP contribution < -0.4 is 19.9 Å². The van der Waals surface area contributed by atoms with Crippen molar-refractivity contribution < 1.29 is 9.47 Å². The van der Waals surface area contributed by atoms with Crippen molar-refractivity contribution in [2.45, 2.75) is 32.4 Å². The van der Waals surface area contributed by atoms with E-state index in [1.165, 1.54) is 11.3 Å². The van der Waals surface area contributed by atoms with Gasteiger partial charge >= 0.3 is 0 Å². The highest BCUT2D eigenvalue weighted by atomic mass is 16.5. The highest BCUT2D eigenvalue weighted by Crippen LogP contribution is 2.32. The normalized spacial score (nSPS) is 16.3. The number of aromatic amines is 1. The smallest absolute Gasteiger partial charge is 0.258 e. The van der Waals surface area contributed by atoms with Crippen LogP contribution in [0.4, 0.5) is 5.69 Å². The van der Waals surface area contributed by atoms with E-state index in [2.05, 4.69) is 46.1 Å². The lowest BCUT2D eigenvalue weighted by Gasteiger charge is -2.36. The van der Waals surface area contributed by atoms with Crippen molar-refractivity contribution in [2.75, 3.05) is 19.1 Å². The number of rotatable bonds is 4. The molecule has 0 aliphatic carbocycles. The maximum atomic E-state index is 12.6. The molecule has 1 N–H and O–H groups in total. The van der Waals surface area contributed by atoms with Gasteiger partial charge < -0.3 is 19.4 Å². The second-order valence-corrected chi connectivity index (χ2v) is 6.88. The van der Waals surface area contributed by atoms with Crippen molar-refractivity contribution in [1.29, 1.82) is 0 Å². The van der Waals surface area contributed by atoms with Crippen LogP contribution >= 0.6 is 0 Å². The molecule has 1 aromatic heterocycles. The van der Waals surface area contributed by atoms with Crippen LogP contribution in [0.3, 0.4) is 0 Å². The SMILES string of the molecule is COc1cc2nc(CN3c4ccccc4CC[C@H]3C)[nH]c(=O)c2cc1OC. The number of fused-ring (bicyclic) bond motifs is 2. The summed E-state index contributed by atoms with van der Waals surface area (Å²) in [4.78, 5) is 22.6. The van der Waals surface area contributed by atoms with Crippen molar-refractivity contribution >= 4 is 16.6 Å². The summed E-state index contributed by atoms with van der Waals surface area (Å²) in [5.74, 6) is 1.72. The Labute approximate surface area is 157 Å². The molecular formula is C21H23N3O3. The molecular weight excluding hydrogens is 342 g/mol. The topological polar surface area (TPSA) is 67.5 Å². The summed E-state index contributed by atoms with van der Waals surface area (Å²) in [6, 6.07) is 12.2. The number of benzene rings is 2. The van der Waals surface area contributed by atoms with Crippen LogP contribution in [-0.2, 0) is 13.0 Å². The third-order valence-corrected chi connectivity index (χ3v) is 5.24. The van der Waals surface area contributed by atoms with Gasteiger partial charge in [0.1, 0.15) is 5.82 Å². The number of aromatic nitrogens is 2. The summed E-state index contributed by atoms with van der Waals surface area (Å²) >= 11 is 0. The minimum absolute atomic E-state index is 0.172. The average Bonchev–Trinajstić information content (AvgIpc) is 2.69. The Balaban J connectivity index is 1.76. The Kier molecular flexibility index (Phi) is 4.48. The van der Waals surface area contributed by atoms with Gasteiger partial charge in [-0.3, -0.25) is 4.79 Å². The van der Waals surface area contributed by atoms with E-state index < -0.39 is 0 Å². The predicted octanol–water partition coefficient (Wildman–Crippen LogP) is 3.28. The second kappa shape index (κ2) is 6.95. The summed E-state index contributed by atoms with van der Waals surface area (Å²) in [6.07, 6.45) is 2.16. The van der Waals surface area contributed by atoms with Crippen LogP contribution in [0, 0.1) is 0 Å². The Bertz CT molecular complexity index is 1040. The van der Waals surface area contributed by atoms with Crippen LogP contribution in [0.5, 0.6) is 11.5 Å². The Morgan fingerprint density at radius 3 is 2.70 bits per heavy atom. The van der Waals surface area contributed by atoms with Crippen molar-refractivity contribution in [3.8, 4) is 11.5 Å². The molecule has 0 radical (unpaired) electrons. The molecule has 0 fully saturated rings. The van der Waals surface area contributed by atoms with E-state index in [-0.39, 0.29) is 5.56 Å². The van der Waals surface area contributed by atoms with Gasteiger partial charge in [-0.15, -0.1) is 0 Å². The molecule has 0 saturated carbocycles. The van der Waals surface area contributed by atoms with Crippen LogP contribution in [0.15, 0.2) is 41.2 Å². The molecule has 2 heterocycles. The average molecular weight is 365 g/mol. The molecule has 1 atom stereocenters. The molecule has 6 heteroatoms. The zero-order chi connectivity index (χ0) is 19.0. The molecule has 1 aliphatic rings. The number of hydrogen-bond acceptors (Lipinski definition) is 5. The van der Waals surface area contributed by atoms with Crippen molar-refractivity contribution in [1.82, 2.24) is 9.97 Å². The molecule has 6 nitrogen and oxygen atoms in total. The van der Waals surface area contributed by atoms with E-state index in [1.54, 1.807) is 26.4 Å². The number of para-hydroxylation sites is 1. The van der Waals surface area contributed by atoms with Crippen molar-refractivity contribution in [2.24, 2.45) is 0 Å². The maximum absolute atomic E-state index is 12.6. The first kappa shape index (κ1) is 17.4. The van der Waals surface area contributed by atoms with Crippen LogP contribution in [0.25, 0.3) is 10.9 Å². The predicted molar refractivity (Wildman–Crippen MR) is 106 cm³/mol. The molecule has 27 heavy (non-hydrogen) atoms. The fourth-order valence-electron chi connectivity index (χ4n) is 3.75. The third kappa shape index (κ3) is 3.12. The number of H-pyrrole nitrogens is 1. The third-order valence-electron chi connectivity index (χ3n) is 5.24. The minimum atomic E-state index is -0.172. The monoisotopic (exact) mass is 365 g/mol. The molecule has 0 spiro atoms. The number of nitrogens with one attached hydrogen (secondary N) is 1. The number of nitrogens with zero attached hydrogens (tertiary/aromatic N) is 2. The molecule has 3 aromatic rings. The highest BCUT2D eigenvalue weighted by molar-refractivity contribution is 5.81. The standard InChI is InChI=1S/C21H23N3O3/c1-13-8-9-14-6-4-5-7-17(14)24(13)12-20-22-16-11-19(27-3)18(26-2)10-15(16)21(25)23-20/h4-7,10-11,13H,8-9,12H2,1-3H3,(H,22,23,25)/t13-/m1/s1. The van der Waals surface area contributed by atoms with Gasteiger partial charge in [-0.25, -0.2) is 4.98 Å². The Morgan fingerprint density at radius 1 is 1.19 bits per heavy atom. The molecule has 0 saturated heterocycles. The largest absolute Gasteiger partial charge is 0.493 e. The van der Waals surface area contributed by atoms with Gasteiger partial charge in [0.25, 0.3) is 5.56 Å². The van der Waals surface area contributed by atoms with Crippen molar-refractivity contribution in [3.63, 3.8) is 0 Å². The molecule has 1 aliphatic heterocycles. The lowest BCUT2D eigenvalue weighted by molar-refractivity contribution is 0.355. The first-order valence-electron chi connectivity index (χ1n) is 9.10. The fourth-order valence-corrected chi connectivity index (χ4v) is 3.75. The van der Waals surface area contributed by atoms with Gasteiger partial charge in [0.15, 0.2) is 11.5 Å². The fraction of sp³-hybridized carbons (Fsp3) is 0.333. The lowest BCUT2D eigenvalue weighted by Crippen LogP contribution is -2.37. The van der Waals surface area contributed by atoms with E-state index in [9.17, 15) is 4.79 Å². The van der Waals surface area contributed by atoms with Gasteiger partial charge in [0, 0.05) is 17.8 Å². The zero-order valence-electron chi connectivity index (χ0n) is 15.8. The summed E-state index contributed by atoms with van der Waals surface area (Å²) in [6.45, 7) is 2.76. The molecule has 2 aromatic carbocycles. The van der Waals surface area contributed by atoms with Gasteiger partial charge in [0.05, 0.1) is 31.7 Å². The van der Waals surface area contributed by atoms with Gasteiger partial charge in [-0.1, -0.05) is 18.2 Å². The van der Waals surface area contributed by atoms with E-state index in [0.29, 0.717) is 40.8 Å². The Morgan fingerprint density at radius 2 is 1.93 bits per heavy atom. The number of aryl methyl sites for hydroxylation is 1. The van der Waals surface area contributed by atoms with E-state index in [4.69, 9.17) is 9.47 Å². The van der Waals surface area contributed by atoms with E-state index in [0.717, 1.165) is 12.8 Å².